The maximum absolute atomic E-state index is 12.0. The third kappa shape index (κ3) is 3.37. The number of carbonyl (C=O) groups excluding carboxylic acids is 1. The first kappa shape index (κ1) is 13.7. The molecule has 0 spiro atoms. The van der Waals surface area contributed by atoms with Gasteiger partial charge in [-0.05, 0) is 13.3 Å². The molecule has 0 saturated heterocycles. The molecule has 1 atom stereocenters. The van der Waals surface area contributed by atoms with E-state index < -0.39 is 0 Å². The predicted molar refractivity (Wildman–Crippen MR) is 74.0 cm³/mol. The zero-order valence-corrected chi connectivity index (χ0v) is 12.1. The van der Waals surface area contributed by atoms with Gasteiger partial charge in [0.1, 0.15) is 12.7 Å². The van der Waals surface area contributed by atoms with Gasteiger partial charge >= 0.3 is 0 Å². The second-order valence-electron chi connectivity index (χ2n) is 4.38. The largest absolute Gasteiger partial charge is 0.302 e. The quantitative estimate of drug-likeness (QED) is 0.907. The van der Waals surface area contributed by atoms with Crippen LogP contribution in [0, 0.1) is 12.8 Å². The summed E-state index contributed by atoms with van der Waals surface area (Å²) in [4.78, 5) is 21.4. The maximum Gasteiger partial charge on any atom is 0.230 e. The van der Waals surface area contributed by atoms with E-state index in [0.29, 0.717) is 11.7 Å². The number of hydrogen-bond acceptors (Lipinski definition) is 5. The van der Waals surface area contributed by atoms with Gasteiger partial charge in [0.25, 0.3) is 0 Å². The van der Waals surface area contributed by atoms with Gasteiger partial charge in [-0.15, -0.1) is 11.3 Å². The van der Waals surface area contributed by atoms with Gasteiger partial charge in [0, 0.05) is 4.88 Å². The highest BCUT2D eigenvalue weighted by Crippen LogP contribution is 2.22. The van der Waals surface area contributed by atoms with Crippen molar-refractivity contribution in [2.45, 2.75) is 33.7 Å². The Morgan fingerprint density at radius 3 is 2.95 bits per heavy atom. The second kappa shape index (κ2) is 5.92. The number of rotatable bonds is 5. The molecule has 102 valence electrons. The van der Waals surface area contributed by atoms with Gasteiger partial charge in [-0.25, -0.2) is 9.97 Å². The van der Waals surface area contributed by atoms with Gasteiger partial charge in [0.15, 0.2) is 5.13 Å². The summed E-state index contributed by atoms with van der Waals surface area (Å²) in [6.45, 7) is 6.45. The van der Waals surface area contributed by atoms with Gasteiger partial charge in [-0.2, -0.15) is 5.10 Å². The average molecular weight is 279 g/mol. The van der Waals surface area contributed by atoms with Gasteiger partial charge in [0.05, 0.1) is 18.2 Å². The minimum atomic E-state index is -0.184. The number of carbonyl (C=O) groups is 1. The third-order valence-electron chi connectivity index (χ3n) is 2.83. The molecule has 6 nitrogen and oxygen atoms in total. The number of thiazole rings is 1. The SMILES string of the molecule is CCc1nc(NC(=O)[C@H](C)Cn2cncn2)sc1C. The fraction of sp³-hybridized carbons (Fsp3) is 0.500. The van der Waals surface area contributed by atoms with Crippen molar-refractivity contribution < 1.29 is 4.79 Å². The fourth-order valence-corrected chi connectivity index (χ4v) is 2.63. The number of nitrogens with one attached hydrogen (secondary N) is 1. The summed E-state index contributed by atoms with van der Waals surface area (Å²) in [5.74, 6) is -0.233. The number of aryl methyl sites for hydroxylation is 2. The van der Waals surface area contributed by atoms with Gasteiger partial charge < -0.3 is 5.32 Å². The smallest absolute Gasteiger partial charge is 0.230 e. The summed E-state index contributed by atoms with van der Waals surface area (Å²) in [5, 5.41) is 7.52. The van der Waals surface area contributed by atoms with Crippen LogP contribution in [-0.4, -0.2) is 25.7 Å². The minimum absolute atomic E-state index is 0.0492. The van der Waals surface area contributed by atoms with Crippen molar-refractivity contribution in [3.8, 4) is 0 Å². The van der Waals surface area contributed by atoms with E-state index in [0.717, 1.165) is 17.0 Å². The van der Waals surface area contributed by atoms with Crippen molar-refractivity contribution in [3.63, 3.8) is 0 Å². The molecule has 2 aromatic heterocycles. The van der Waals surface area contributed by atoms with E-state index in [2.05, 4.69) is 27.3 Å². The Balaban J connectivity index is 1.96. The maximum atomic E-state index is 12.0. The highest BCUT2D eigenvalue weighted by molar-refractivity contribution is 7.15. The fourth-order valence-electron chi connectivity index (χ4n) is 1.73. The van der Waals surface area contributed by atoms with Crippen LogP contribution in [0.15, 0.2) is 12.7 Å². The first-order valence-electron chi connectivity index (χ1n) is 6.19. The molecule has 0 aliphatic heterocycles. The molecule has 0 fully saturated rings. The van der Waals surface area contributed by atoms with Crippen molar-refractivity contribution in [3.05, 3.63) is 23.2 Å². The summed E-state index contributed by atoms with van der Waals surface area (Å²) in [6, 6.07) is 0. The molecule has 1 amide bonds. The standard InChI is InChI=1S/C12H17N5OS/c1-4-10-9(3)19-12(15-10)16-11(18)8(2)5-17-7-13-6-14-17/h6-8H,4-5H2,1-3H3,(H,15,16,18)/t8-/m1/s1. The summed E-state index contributed by atoms with van der Waals surface area (Å²) in [6.07, 6.45) is 3.95. The molecular weight excluding hydrogens is 262 g/mol. The number of amides is 1. The second-order valence-corrected chi connectivity index (χ2v) is 5.59. The number of anilines is 1. The van der Waals surface area contributed by atoms with Crippen LogP contribution in [0.5, 0.6) is 0 Å². The molecule has 19 heavy (non-hydrogen) atoms. The Kier molecular flexibility index (Phi) is 4.26. The van der Waals surface area contributed by atoms with E-state index in [1.807, 2.05) is 13.8 Å². The normalized spacial score (nSPS) is 12.4. The van der Waals surface area contributed by atoms with E-state index in [1.54, 1.807) is 11.0 Å². The van der Waals surface area contributed by atoms with Crippen LogP contribution < -0.4 is 5.32 Å². The lowest BCUT2D eigenvalue weighted by Crippen LogP contribution is -2.24. The lowest BCUT2D eigenvalue weighted by molar-refractivity contribution is -0.119. The van der Waals surface area contributed by atoms with Crippen LogP contribution in [0.4, 0.5) is 5.13 Å². The lowest BCUT2D eigenvalue weighted by Gasteiger charge is -2.09. The lowest BCUT2D eigenvalue weighted by atomic mass is 10.2. The molecule has 0 aromatic carbocycles. The summed E-state index contributed by atoms with van der Waals surface area (Å²) < 4.78 is 1.65. The Labute approximate surface area is 115 Å². The molecule has 2 heterocycles. The van der Waals surface area contributed by atoms with Crippen LogP contribution >= 0.6 is 11.3 Å². The monoisotopic (exact) mass is 279 g/mol. The van der Waals surface area contributed by atoms with E-state index in [1.165, 1.54) is 17.7 Å². The van der Waals surface area contributed by atoms with Crippen LogP contribution in [0.1, 0.15) is 24.4 Å². The Hall–Kier alpha value is -1.76. The zero-order chi connectivity index (χ0) is 13.8. The molecule has 0 radical (unpaired) electrons. The molecular formula is C12H17N5OS. The van der Waals surface area contributed by atoms with Gasteiger partial charge in [-0.3, -0.25) is 9.48 Å². The van der Waals surface area contributed by atoms with Gasteiger partial charge in [0.2, 0.25) is 5.91 Å². The first-order valence-corrected chi connectivity index (χ1v) is 7.01. The summed E-state index contributed by atoms with van der Waals surface area (Å²) in [5.41, 5.74) is 1.05. The molecule has 2 aromatic rings. The molecule has 1 N–H and O–H groups in total. The topological polar surface area (TPSA) is 72.7 Å². The molecule has 0 bridgehead atoms. The van der Waals surface area contributed by atoms with E-state index >= 15 is 0 Å². The molecule has 2 rings (SSSR count). The Morgan fingerprint density at radius 2 is 2.37 bits per heavy atom. The van der Waals surface area contributed by atoms with Gasteiger partial charge in [-0.1, -0.05) is 13.8 Å². The predicted octanol–water partition coefficient (Wildman–Crippen LogP) is 1.88. The molecule has 0 unspecified atom stereocenters. The number of aromatic nitrogens is 4. The van der Waals surface area contributed by atoms with E-state index in [9.17, 15) is 4.79 Å². The van der Waals surface area contributed by atoms with Crippen LogP contribution in [0.25, 0.3) is 0 Å². The van der Waals surface area contributed by atoms with Crippen molar-refractivity contribution in [2.24, 2.45) is 5.92 Å². The van der Waals surface area contributed by atoms with Crippen molar-refractivity contribution in [1.82, 2.24) is 19.7 Å². The molecule has 0 saturated carbocycles. The third-order valence-corrected chi connectivity index (χ3v) is 3.76. The molecule has 7 heteroatoms. The summed E-state index contributed by atoms with van der Waals surface area (Å²) in [7, 11) is 0. The van der Waals surface area contributed by atoms with Crippen LogP contribution in [0.3, 0.4) is 0 Å². The van der Waals surface area contributed by atoms with Crippen molar-refractivity contribution >= 4 is 22.4 Å². The van der Waals surface area contributed by atoms with Crippen molar-refractivity contribution in [1.29, 1.82) is 0 Å². The number of nitrogens with zero attached hydrogens (tertiary/aromatic N) is 4. The minimum Gasteiger partial charge on any atom is -0.302 e. The summed E-state index contributed by atoms with van der Waals surface area (Å²) >= 11 is 1.51. The number of hydrogen-bond donors (Lipinski definition) is 1. The first-order chi connectivity index (χ1) is 9.10. The Bertz CT molecular complexity index is 548. The molecule has 0 aliphatic rings. The zero-order valence-electron chi connectivity index (χ0n) is 11.3. The highest BCUT2D eigenvalue weighted by Gasteiger charge is 2.16. The highest BCUT2D eigenvalue weighted by atomic mass is 32.1. The average Bonchev–Trinajstić information content (AvgIpc) is 2.98. The Morgan fingerprint density at radius 1 is 1.58 bits per heavy atom. The molecule has 0 aliphatic carbocycles. The van der Waals surface area contributed by atoms with E-state index in [4.69, 9.17) is 0 Å². The van der Waals surface area contributed by atoms with Crippen molar-refractivity contribution in [2.75, 3.05) is 5.32 Å². The van der Waals surface area contributed by atoms with Crippen LogP contribution in [-0.2, 0) is 17.8 Å². The van der Waals surface area contributed by atoms with E-state index in [-0.39, 0.29) is 11.8 Å². The van der Waals surface area contributed by atoms with Crippen LogP contribution in [0.2, 0.25) is 0 Å².